The zero-order chi connectivity index (χ0) is 20.6. The van der Waals surface area contributed by atoms with E-state index < -0.39 is 10.0 Å². The van der Waals surface area contributed by atoms with E-state index in [-0.39, 0.29) is 11.4 Å². The van der Waals surface area contributed by atoms with E-state index in [0.717, 1.165) is 22.8 Å². The lowest BCUT2D eigenvalue weighted by Gasteiger charge is -2.10. The first kappa shape index (κ1) is 18.7. The van der Waals surface area contributed by atoms with Crippen LogP contribution in [0.2, 0.25) is 0 Å². The third kappa shape index (κ3) is 3.32. The monoisotopic (exact) mass is 437 g/mol. The lowest BCUT2D eigenvalue weighted by Crippen LogP contribution is -2.28. The molecule has 1 aromatic carbocycles. The Morgan fingerprint density at radius 1 is 0.967 bits per heavy atom. The highest BCUT2D eigenvalue weighted by Gasteiger charge is 2.20. The number of nitrogens with zero attached hydrogens (tertiary/aromatic N) is 6. The van der Waals surface area contributed by atoms with Crippen molar-refractivity contribution in [3.8, 4) is 11.4 Å². The fraction of sp³-hybridized carbons (Fsp3) is 0.105. The molecular formula is C19H15N7O2S2. The van der Waals surface area contributed by atoms with Gasteiger partial charge in [-0.1, -0.05) is 6.07 Å². The maximum Gasteiger partial charge on any atom is 0.242 e. The SMILES string of the molecule is O=S(=O)(NCCn1c(-c2ccncc2)nc2cccnc21)c1cccc2nsnc12. The van der Waals surface area contributed by atoms with Crippen LogP contribution in [0.3, 0.4) is 0 Å². The van der Waals surface area contributed by atoms with Crippen LogP contribution in [0.4, 0.5) is 0 Å². The Morgan fingerprint density at radius 2 is 1.80 bits per heavy atom. The number of rotatable bonds is 6. The van der Waals surface area contributed by atoms with Gasteiger partial charge in [0.2, 0.25) is 10.0 Å². The van der Waals surface area contributed by atoms with Gasteiger partial charge in [-0.15, -0.1) is 0 Å². The Morgan fingerprint density at radius 3 is 2.67 bits per heavy atom. The molecule has 0 bridgehead atoms. The average Bonchev–Trinajstić information content (AvgIpc) is 3.39. The molecule has 30 heavy (non-hydrogen) atoms. The lowest BCUT2D eigenvalue weighted by molar-refractivity contribution is 0.575. The molecule has 0 unspecified atom stereocenters. The Bertz CT molecular complexity index is 1450. The summed E-state index contributed by atoms with van der Waals surface area (Å²) >= 11 is 0.988. The Kier molecular flexibility index (Phi) is 4.69. The van der Waals surface area contributed by atoms with Crippen molar-refractivity contribution < 1.29 is 8.42 Å². The smallest absolute Gasteiger partial charge is 0.242 e. The molecule has 0 saturated heterocycles. The van der Waals surface area contributed by atoms with E-state index >= 15 is 0 Å². The van der Waals surface area contributed by atoms with E-state index in [2.05, 4.69) is 28.4 Å². The molecule has 1 N–H and O–H groups in total. The minimum Gasteiger partial charge on any atom is -0.307 e. The largest absolute Gasteiger partial charge is 0.307 e. The van der Waals surface area contributed by atoms with Crippen LogP contribution in [0.1, 0.15) is 0 Å². The molecule has 150 valence electrons. The Balaban J connectivity index is 1.45. The molecule has 5 aromatic rings. The topological polar surface area (TPSA) is 116 Å². The number of fused-ring (bicyclic) bond motifs is 2. The fourth-order valence-electron chi connectivity index (χ4n) is 3.26. The van der Waals surface area contributed by atoms with Crippen LogP contribution in [0.5, 0.6) is 0 Å². The highest BCUT2D eigenvalue weighted by molar-refractivity contribution is 7.89. The number of benzene rings is 1. The fourth-order valence-corrected chi connectivity index (χ4v) is 5.04. The summed E-state index contributed by atoms with van der Waals surface area (Å²) in [5, 5.41) is 0. The second-order valence-electron chi connectivity index (χ2n) is 6.45. The summed E-state index contributed by atoms with van der Waals surface area (Å²) in [4.78, 5) is 13.3. The normalized spacial score (nSPS) is 12.0. The summed E-state index contributed by atoms with van der Waals surface area (Å²) < 4.78 is 38.5. The Hall–Kier alpha value is -3.28. The minimum atomic E-state index is -3.75. The molecule has 0 atom stereocenters. The summed E-state index contributed by atoms with van der Waals surface area (Å²) in [6, 6.07) is 12.3. The van der Waals surface area contributed by atoms with Gasteiger partial charge in [-0.2, -0.15) is 8.75 Å². The van der Waals surface area contributed by atoms with Crippen molar-refractivity contribution >= 4 is 43.9 Å². The molecule has 0 aliphatic heterocycles. The molecule has 0 saturated carbocycles. The molecule has 0 aliphatic carbocycles. The maximum atomic E-state index is 12.9. The second kappa shape index (κ2) is 7.52. The van der Waals surface area contributed by atoms with Crippen molar-refractivity contribution in [3.05, 3.63) is 61.1 Å². The molecule has 5 rings (SSSR count). The summed E-state index contributed by atoms with van der Waals surface area (Å²) in [5.74, 6) is 0.705. The first-order chi connectivity index (χ1) is 14.6. The summed E-state index contributed by atoms with van der Waals surface area (Å²) in [6.07, 6.45) is 5.08. The van der Waals surface area contributed by atoms with Gasteiger partial charge in [0.05, 0.1) is 11.7 Å². The zero-order valence-electron chi connectivity index (χ0n) is 15.5. The van der Waals surface area contributed by atoms with E-state index in [1.807, 2.05) is 28.8 Å². The highest BCUT2D eigenvalue weighted by Crippen LogP contribution is 2.23. The summed E-state index contributed by atoms with van der Waals surface area (Å²) in [6.45, 7) is 0.520. The van der Waals surface area contributed by atoms with E-state index in [0.29, 0.717) is 29.0 Å². The second-order valence-corrected chi connectivity index (χ2v) is 8.72. The van der Waals surface area contributed by atoms with Crippen LogP contribution in [0.25, 0.3) is 33.6 Å². The van der Waals surface area contributed by atoms with Gasteiger partial charge in [0.25, 0.3) is 0 Å². The molecule has 0 amide bonds. The number of pyridine rings is 2. The van der Waals surface area contributed by atoms with E-state index in [9.17, 15) is 8.42 Å². The molecule has 4 heterocycles. The van der Waals surface area contributed by atoms with Crippen LogP contribution in [0.15, 0.2) is 66.0 Å². The van der Waals surface area contributed by atoms with Crippen molar-refractivity contribution in [1.82, 2.24) is 33.0 Å². The zero-order valence-corrected chi connectivity index (χ0v) is 17.1. The van der Waals surface area contributed by atoms with Crippen molar-refractivity contribution in [2.75, 3.05) is 6.54 Å². The van der Waals surface area contributed by atoms with Gasteiger partial charge in [0, 0.05) is 37.2 Å². The van der Waals surface area contributed by atoms with Gasteiger partial charge < -0.3 is 4.57 Å². The van der Waals surface area contributed by atoms with Crippen molar-refractivity contribution in [1.29, 1.82) is 0 Å². The molecule has 9 nitrogen and oxygen atoms in total. The minimum absolute atomic E-state index is 0.122. The first-order valence-electron chi connectivity index (χ1n) is 9.06. The standard InChI is InChI=1S/C19H15N7O2S2/c27-30(28,16-5-1-3-14-17(16)25-29-24-14)22-11-12-26-18(13-6-9-20-10-7-13)23-15-4-2-8-21-19(15)26/h1-10,22H,11-12H2. The van der Waals surface area contributed by atoms with E-state index in [4.69, 9.17) is 0 Å². The third-order valence-corrected chi connectivity index (χ3v) is 6.64. The Labute approximate surface area is 175 Å². The molecule has 0 fully saturated rings. The van der Waals surface area contributed by atoms with Crippen LogP contribution in [-0.4, -0.2) is 43.2 Å². The number of aromatic nitrogens is 6. The summed E-state index contributed by atoms with van der Waals surface area (Å²) in [7, 11) is -3.75. The van der Waals surface area contributed by atoms with Crippen molar-refractivity contribution in [2.24, 2.45) is 0 Å². The number of nitrogens with one attached hydrogen (secondary N) is 1. The van der Waals surface area contributed by atoms with Crippen LogP contribution in [-0.2, 0) is 16.6 Å². The molecule has 11 heteroatoms. The highest BCUT2D eigenvalue weighted by atomic mass is 32.2. The average molecular weight is 438 g/mol. The van der Waals surface area contributed by atoms with Gasteiger partial charge >= 0.3 is 0 Å². The predicted octanol–water partition coefficient (Wildman–Crippen LogP) is 2.48. The number of imidazole rings is 1. The summed E-state index contributed by atoms with van der Waals surface area (Å²) in [5.41, 5.74) is 3.25. The maximum absolute atomic E-state index is 12.9. The van der Waals surface area contributed by atoms with Crippen molar-refractivity contribution in [3.63, 3.8) is 0 Å². The molecular weight excluding hydrogens is 422 g/mol. The van der Waals surface area contributed by atoms with Gasteiger partial charge in [-0.25, -0.2) is 23.1 Å². The van der Waals surface area contributed by atoms with E-state index in [1.54, 1.807) is 30.7 Å². The van der Waals surface area contributed by atoms with Crippen LogP contribution >= 0.6 is 11.7 Å². The molecule has 0 spiro atoms. The molecule has 4 aromatic heterocycles. The van der Waals surface area contributed by atoms with Crippen LogP contribution < -0.4 is 4.72 Å². The lowest BCUT2D eigenvalue weighted by atomic mass is 10.2. The number of hydrogen-bond acceptors (Lipinski definition) is 8. The molecule has 0 aliphatic rings. The van der Waals surface area contributed by atoms with Gasteiger partial charge in [-0.3, -0.25) is 4.98 Å². The van der Waals surface area contributed by atoms with Gasteiger partial charge in [-0.05, 0) is 36.4 Å². The van der Waals surface area contributed by atoms with Crippen LogP contribution in [0, 0.1) is 0 Å². The quantitative estimate of drug-likeness (QED) is 0.434. The third-order valence-electron chi connectivity index (χ3n) is 4.61. The van der Waals surface area contributed by atoms with E-state index in [1.165, 1.54) is 6.07 Å². The van der Waals surface area contributed by atoms with Gasteiger partial charge in [0.15, 0.2) is 5.65 Å². The van der Waals surface area contributed by atoms with Gasteiger partial charge in [0.1, 0.15) is 27.3 Å². The molecule has 0 radical (unpaired) electrons. The number of sulfonamides is 1. The van der Waals surface area contributed by atoms with Crippen molar-refractivity contribution in [2.45, 2.75) is 11.4 Å². The number of hydrogen-bond donors (Lipinski definition) is 1. The first-order valence-corrected chi connectivity index (χ1v) is 11.3. The predicted molar refractivity (Wildman–Crippen MR) is 113 cm³/mol.